The number of aromatic hydroxyl groups is 2. The lowest BCUT2D eigenvalue weighted by Gasteiger charge is -2.07. The van der Waals surface area contributed by atoms with Crippen molar-refractivity contribution in [3.8, 4) is 11.5 Å². The second-order valence-corrected chi connectivity index (χ2v) is 3.37. The molecule has 92 valence electrons. The van der Waals surface area contributed by atoms with Crippen LogP contribution < -0.4 is 0 Å². The Labute approximate surface area is 100 Å². The molecule has 0 fully saturated rings. The molecule has 0 aliphatic rings. The van der Waals surface area contributed by atoms with E-state index in [1.54, 1.807) is 0 Å². The molecule has 0 saturated heterocycles. The maximum absolute atomic E-state index is 13.5. The molecule has 0 bridgehead atoms. The summed E-state index contributed by atoms with van der Waals surface area (Å²) < 4.78 is 17.8. The van der Waals surface area contributed by atoms with Crippen LogP contribution in [0.25, 0.3) is 0 Å². The summed E-state index contributed by atoms with van der Waals surface area (Å²) >= 11 is 5.37. The number of benzene rings is 1. The summed E-state index contributed by atoms with van der Waals surface area (Å²) in [6, 6.07) is 0.716. The van der Waals surface area contributed by atoms with Gasteiger partial charge < -0.3 is 14.9 Å². The maximum atomic E-state index is 13.5. The summed E-state index contributed by atoms with van der Waals surface area (Å²) in [5, 5.41) is 17.9. The van der Waals surface area contributed by atoms with Gasteiger partial charge in [-0.2, -0.15) is 0 Å². The Morgan fingerprint density at radius 2 is 2.06 bits per heavy atom. The number of halogens is 2. The minimum Gasteiger partial charge on any atom is -0.504 e. The predicted molar refractivity (Wildman–Crippen MR) is 55.7 cm³/mol. The van der Waals surface area contributed by atoms with Gasteiger partial charge in [0.2, 0.25) is 0 Å². The number of rotatable bonds is 3. The van der Waals surface area contributed by atoms with Crippen molar-refractivity contribution in [2.24, 2.45) is 0 Å². The van der Waals surface area contributed by atoms with E-state index in [1.807, 2.05) is 0 Å². The minimum absolute atomic E-state index is 0.0838. The van der Waals surface area contributed by atoms with Gasteiger partial charge in [0.05, 0.1) is 11.6 Å². The summed E-state index contributed by atoms with van der Waals surface area (Å²) in [4.78, 5) is 22.5. The van der Waals surface area contributed by atoms with Crippen LogP contribution in [0.2, 0.25) is 5.02 Å². The molecule has 0 aliphatic carbocycles. The third-order valence-corrected chi connectivity index (χ3v) is 2.13. The lowest BCUT2D eigenvalue weighted by molar-refractivity contribution is -0.137. The van der Waals surface area contributed by atoms with E-state index < -0.39 is 39.7 Å². The minimum atomic E-state index is -1.42. The van der Waals surface area contributed by atoms with Crippen molar-refractivity contribution in [2.75, 3.05) is 6.61 Å². The van der Waals surface area contributed by atoms with Crippen LogP contribution in [0.3, 0.4) is 0 Å². The van der Waals surface area contributed by atoms with E-state index in [-0.39, 0.29) is 6.61 Å². The average Bonchev–Trinajstić information content (AvgIpc) is 2.27. The fourth-order valence-electron chi connectivity index (χ4n) is 1.11. The number of ether oxygens (including phenoxy) is 1. The van der Waals surface area contributed by atoms with Crippen LogP contribution in [0.4, 0.5) is 4.39 Å². The predicted octanol–water partition coefficient (Wildman–Crippen LogP) is 1.64. The van der Waals surface area contributed by atoms with Crippen LogP contribution in [0, 0.1) is 5.82 Å². The van der Waals surface area contributed by atoms with Crippen molar-refractivity contribution in [1.82, 2.24) is 0 Å². The van der Waals surface area contributed by atoms with Gasteiger partial charge in [0.1, 0.15) is 5.56 Å². The molecule has 0 amide bonds. The molecule has 1 aromatic rings. The molecule has 17 heavy (non-hydrogen) atoms. The van der Waals surface area contributed by atoms with E-state index in [9.17, 15) is 19.1 Å². The zero-order valence-corrected chi connectivity index (χ0v) is 9.42. The van der Waals surface area contributed by atoms with Crippen LogP contribution in [0.1, 0.15) is 17.3 Å². The highest BCUT2D eigenvalue weighted by Gasteiger charge is 2.28. The average molecular weight is 263 g/mol. The maximum Gasteiger partial charge on any atom is 0.379 e. The first-order valence-corrected chi connectivity index (χ1v) is 4.89. The SMILES string of the molecule is CCOC(=O)C(=O)c1c(O)c(O)cc(Cl)c1F. The molecule has 7 heteroatoms. The number of hydrogen-bond donors (Lipinski definition) is 2. The highest BCUT2D eigenvalue weighted by atomic mass is 35.5. The van der Waals surface area contributed by atoms with Crippen molar-refractivity contribution in [1.29, 1.82) is 0 Å². The van der Waals surface area contributed by atoms with Crippen LogP contribution in [-0.4, -0.2) is 28.6 Å². The zero-order valence-electron chi connectivity index (χ0n) is 8.66. The summed E-state index contributed by atoms with van der Waals surface area (Å²) in [7, 11) is 0. The molecule has 0 aliphatic heterocycles. The fourth-order valence-corrected chi connectivity index (χ4v) is 1.31. The molecule has 0 heterocycles. The van der Waals surface area contributed by atoms with Crippen LogP contribution in [-0.2, 0) is 9.53 Å². The lowest BCUT2D eigenvalue weighted by atomic mass is 10.1. The van der Waals surface area contributed by atoms with Crippen LogP contribution >= 0.6 is 11.6 Å². The highest BCUT2D eigenvalue weighted by molar-refractivity contribution is 6.42. The van der Waals surface area contributed by atoms with E-state index in [4.69, 9.17) is 16.7 Å². The molecule has 0 aromatic heterocycles. The van der Waals surface area contributed by atoms with Crippen LogP contribution in [0.15, 0.2) is 6.07 Å². The number of phenols is 2. The molecule has 0 spiro atoms. The third kappa shape index (κ3) is 2.47. The second kappa shape index (κ2) is 5.01. The van der Waals surface area contributed by atoms with E-state index in [0.29, 0.717) is 6.07 Å². The van der Waals surface area contributed by atoms with E-state index in [2.05, 4.69) is 4.74 Å². The second-order valence-electron chi connectivity index (χ2n) is 2.96. The normalized spacial score (nSPS) is 10.1. The topological polar surface area (TPSA) is 83.8 Å². The molecule has 1 aromatic carbocycles. The zero-order chi connectivity index (χ0) is 13.2. The molecule has 0 atom stereocenters. The molecule has 1 rings (SSSR count). The van der Waals surface area contributed by atoms with Crippen molar-refractivity contribution in [2.45, 2.75) is 6.92 Å². The van der Waals surface area contributed by atoms with Gasteiger partial charge in [-0.1, -0.05) is 11.6 Å². The Morgan fingerprint density at radius 3 is 2.59 bits per heavy atom. The standard InChI is InChI=1S/C10H8ClFO5/c1-2-17-10(16)9(15)6-7(12)4(11)3-5(13)8(6)14/h3,13-14H,2H2,1H3. The van der Waals surface area contributed by atoms with Crippen LogP contribution in [0.5, 0.6) is 11.5 Å². The number of carbonyl (C=O) groups is 2. The van der Waals surface area contributed by atoms with Crippen molar-refractivity contribution in [3.63, 3.8) is 0 Å². The Balaban J connectivity index is 3.31. The van der Waals surface area contributed by atoms with Gasteiger partial charge >= 0.3 is 5.97 Å². The molecule has 0 radical (unpaired) electrons. The first-order valence-electron chi connectivity index (χ1n) is 4.51. The Hall–Kier alpha value is -1.82. The third-order valence-electron chi connectivity index (χ3n) is 1.86. The van der Waals surface area contributed by atoms with Gasteiger partial charge in [-0.15, -0.1) is 0 Å². The largest absolute Gasteiger partial charge is 0.504 e. The van der Waals surface area contributed by atoms with Gasteiger partial charge in [0.15, 0.2) is 17.3 Å². The van der Waals surface area contributed by atoms with Gasteiger partial charge in [0.25, 0.3) is 5.78 Å². The molecule has 0 saturated carbocycles. The van der Waals surface area contributed by atoms with Crippen molar-refractivity contribution >= 4 is 23.4 Å². The summed E-state index contributed by atoms with van der Waals surface area (Å²) in [5.74, 6) is -5.91. The Morgan fingerprint density at radius 1 is 1.47 bits per heavy atom. The van der Waals surface area contributed by atoms with Crippen molar-refractivity contribution < 1.29 is 28.9 Å². The fraction of sp³-hybridized carbons (Fsp3) is 0.200. The van der Waals surface area contributed by atoms with E-state index in [1.165, 1.54) is 6.92 Å². The number of esters is 1. The van der Waals surface area contributed by atoms with E-state index in [0.717, 1.165) is 0 Å². The van der Waals surface area contributed by atoms with Gasteiger partial charge in [0, 0.05) is 6.07 Å². The smallest absolute Gasteiger partial charge is 0.379 e. The first kappa shape index (κ1) is 13.2. The number of ketones is 1. The molecule has 2 N–H and O–H groups in total. The monoisotopic (exact) mass is 262 g/mol. The first-order chi connectivity index (χ1) is 7.90. The Kier molecular flexibility index (Phi) is 3.90. The molecular weight excluding hydrogens is 255 g/mol. The summed E-state index contributed by atoms with van der Waals surface area (Å²) in [5.41, 5.74) is -1.01. The number of carbonyl (C=O) groups excluding carboxylic acids is 2. The van der Waals surface area contributed by atoms with Gasteiger partial charge in [-0.05, 0) is 6.92 Å². The van der Waals surface area contributed by atoms with Gasteiger partial charge in [-0.25, -0.2) is 9.18 Å². The van der Waals surface area contributed by atoms with Gasteiger partial charge in [-0.3, -0.25) is 4.79 Å². The van der Waals surface area contributed by atoms with E-state index >= 15 is 0 Å². The number of Topliss-reactive ketones (excluding diaryl/α,β-unsaturated/α-hetero) is 1. The Bertz CT molecular complexity index is 460. The van der Waals surface area contributed by atoms with Crippen molar-refractivity contribution in [3.05, 3.63) is 22.5 Å². The highest BCUT2D eigenvalue weighted by Crippen LogP contribution is 2.35. The number of hydrogen-bond acceptors (Lipinski definition) is 5. The molecule has 0 unspecified atom stereocenters. The lowest BCUT2D eigenvalue weighted by Crippen LogP contribution is -2.19. The number of phenolic OH excluding ortho intramolecular Hbond substituents is 2. The molecular formula is C10H8ClFO5. The summed E-state index contributed by atoms with van der Waals surface area (Å²) in [6.07, 6.45) is 0. The molecule has 5 nitrogen and oxygen atoms in total. The summed E-state index contributed by atoms with van der Waals surface area (Å²) in [6.45, 7) is 1.37. The quantitative estimate of drug-likeness (QED) is 0.374.